The second-order valence-electron chi connectivity index (χ2n) is 7.06. The monoisotopic (exact) mass is 253 g/mol. The maximum Gasteiger partial charge on any atom is -0.00192 e. The average molecular weight is 253 g/mol. The molecule has 0 N–H and O–H groups in total. The third-order valence-corrected chi connectivity index (χ3v) is 4.79. The van der Waals surface area contributed by atoms with Crippen molar-refractivity contribution in [3.05, 3.63) is 0 Å². The fraction of sp³-hybridized carbons (Fsp3) is 1.00. The predicted molar refractivity (Wildman–Crippen MR) is 81.9 cm³/mol. The van der Waals surface area contributed by atoms with E-state index in [2.05, 4.69) is 32.7 Å². The molecular formula is C17H35N. The molecule has 1 saturated heterocycles. The number of hydrogen-bond acceptors (Lipinski definition) is 1. The van der Waals surface area contributed by atoms with E-state index >= 15 is 0 Å². The van der Waals surface area contributed by atoms with Crippen molar-refractivity contribution in [3.8, 4) is 0 Å². The molecule has 0 bridgehead atoms. The molecule has 18 heavy (non-hydrogen) atoms. The summed E-state index contributed by atoms with van der Waals surface area (Å²) in [4.78, 5) is 2.54. The molecule has 3 unspecified atom stereocenters. The van der Waals surface area contributed by atoms with Crippen LogP contribution in [0.2, 0.25) is 0 Å². The predicted octanol–water partition coefficient (Wildman–Crippen LogP) is 4.96. The van der Waals surface area contributed by atoms with E-state index in [1.807, 2.05) is 0 Å². The first-order valence-corrected chi connectivity index (χ1v) is 8.26. The van der Waals surface area contributed by atoms with Crippen molar-refractivity contribution in [2.24, 2.45) is 17.8 Å². The molecule has 1 heterocycles. The summed E-state index contributed by atoms with van der Waals surface area (Å²) in [6, 6.07) is 0. The molecule has 3 atom stereocenters. The Morgan fingerprint density at radius 1 is 0.611 bits per heavy atom. The maximum atomic E-state index is 2.54. The quantitative estimate of drug-likeness (QED) is 0.590. The van der Waals surface area contributed by atoms with Crippen molar-refractivity contribution in [2.45, 2.75) is 72.1 Å². The zero-order valence-electron chi connectivity index (χ0n) is 13.3. The van der Waals surface area contributed by atoms with Gasteiger partial charge in [0.1, 0.15) is 0 Å². The van der Waals surface area contributed by atoms with Gasteiger partial charge in [-0.05, 0) is 57.2 Å². The van der Waals surface area contributed by atoms with Crippen LogP contribution in [0.4, 0.5) is 0 Å². The van der Waals surface area contributed by atoms with Gasteiger partial charge in [0.2, 0.25) is 0 Å². The highest BCUT2D eigenvalue weighted by Crippen LogP contribution is 2.23. The van der Waals surface area contributed by atoms with Crippen molar-refractivity contribution in [2.75, 3.05) is 20.1 Å². The summed E-state index contributed by atoms with van der Waals surface area (Å²) in [5.74, 6) is 2.80. The van der Waals surface area contributed by atoms with E-state index in [0.29, 0.717) is 0 Å². The van der Waals surface area contributed by atoms with Gasteiger partial charge in [0.15, 0.2) is 0 Å². The van der Waals surface area contributed by atoms with Crippen LogP contribution in [0.1, 0.15) is 72.1 Å². The van der Waals surface area contributed by atoms with E-state index in [4.69, 9.17) is 0 Å². The Labute approximate surface area is 115 Å². The normalized spacial score (nSPS) is 35.0. The average Bonchev–Trinajstić information content (AvgIpc) is 2.33. The summed E-state index contributed by atoms with van der Waals surface area (Å²) >= 11 is 0. The first kappa shape index (κ1) is 16.0. The topological polar surface area (TPSA) is 3.24 Å². The summed E-state index contributed by atoms with van der Waals surface area (Å²) in [6.45, 7) is 9.93. The second kappa shape index (κ2) is 8.96. The maximum absolute atomic E-state index is 2.54. The molecule has 0 aromatic rings. The molecule has 0 aromatic carbocycles. The van der Waals surface area contributed by atoms with Gasteiger partial charge in [-0.3, -0.25) is 0 Å². The first-order chi connectivity index (χ1) is 8.58. The number of rotatable bonds is 0. The molecule has 0 spiro atoms. The van der Waals surface area contributed by atoms with Crippen molar-refractivity contribution >= 4 is 0 Å². The van der Waals surface area contributed by atoms with Crippen LogP contribution < -0.4 is 0 Å². The molecular weight excluding hydrogens is 218 g/mol. The smallest absolute Gasteiger partial charge is 0.00192 e. The summed E-state index contributed by atoms with van der Waals surface area (Å²) in [5.41, 5.74) is 0. The summed E-state index contributed by atoms with van der Waals surface area (Å²) in [5, 5.41) is 0. The Hall–Kier alpha value is -0.0400. The lowest BCUT2D eigenvalue weighted by atomic mass is 9.90. The second-order valence-corrected chi connectivity index (χ2v) is 7.06. The lowest BCUT2D eigenvalue weighted by Gasteiger charge is -2.22. The molecule has 0 amide bonds. The molecule has 108 valence electrons. The minimum Gasteiger partial charge on any atom is -0.306 e. The summed E-state index contributed by atoms with van der Waals surface area (Å²) in [7, 11) is 2.30. The van der Waals surface area contributed by atoms with Crippen molar-refractivity contribution in [1.29, 1.82) is 0 Å². The Balaban J connectivity index is 2.36. The minimum atomic E-state index is 0.918. The molecule has 1 heteroatoms. The highest BCUT2D eigenvalue weighted by molar-refractivity contribution is 4.64. The third kappa shape index (κ3) is 7.41. The third-order valence-electron chi connectivity index (χ3n) is 4.79. The number of nitrogens with zero attached hydrogens (tertiary/aromatic N) is 1. The molecule has 0 radical (unpaired) electrons. The first-order valence-electron chi connectivity index (χ1n) is 8.26. The van der Waals surface area contributed by atoms with Gasteiger partial charge in [-0.1, -0.05) is 52.9 Å². The van der Waals surface area contributed by atoms with Gasteiger partial charge in [0, 0.05) is 0 Å². The largest absolute Gasteiger partial charge is 0.306 e. The van der Waals surface area contributed by atoms with Crippen LogP contribution in [0.5, 0.6) is 0 Å². The lowest BCUT2D eigenvalue weighted by Crippen LogP contribution is -2.23. The van der Waals surface area contributed by atoms with E-state index in [9.17, 15) is 0 Å². The fourth-order valence-corrected chi connectivity index (χ4v) is 3.08. The summed E-state index contributed by atoms with van der Waals surface area (Å²) in [6.07, 6.45) is 11.4. The Kier molecular flexibility index (Phi) is 7.97. The van der Waals surface area contributed by atoms with E-state index in [-0.39, 0.29) is 0 Å². The molecule has 0 aliphatic carbocycles. The van der Waals surface area contributed by atoms with Gasteiger partial charge in [-0.2, -0.15) is 0 Å². The van der Waals surface area contributed by atoms with Crippen molar-refractivity contribution in [3.63, 3.8) is 0 Å². The van der Waals surface area contributed by atoms with Crippen LogP contribution in [-0.4, -0.2) is 25.0 Å². The van der Waals surface area contributed by atoms with Crippen LogP contribution in [0.15, 0.2) is 0 Å². The minimum absolute atomic E-state index is 0.918. The Bertz CT molecular complexity index is 160. The van der Waals surface area contributed by atoms with Crippen molar-refractivity contribution in [1.82, 2.24) is 4.90 Å². The molecule has 1 fully saturated rings. The van der Waals surface area contributed by atoms with Crippen LogP contribution >= 0.6 is 0 Å². The summed E-state index contributed by atoms with van der Waals surface area (Å²) < 4.78 is 0. The van der Waals surface area contributed by atoms with E-state index in [1.165, 1.54) is 64.5 Å². The van der Waals surface area contributed by atoms with Gasteiger partial charge in [-0.15, -0.1) is 0 Å². The molecule has 1 nitrogen and oxygen atoms in total. The zero-order chi connectivity index (χ0) is 13.4. The van der Waals surface area contributed by atoms with Gasteiger partial charge in [0.25, 0.3) is 0 Å². The van der Waals surface area contributed by atoms with Gasteiger partial charge in [-0.25, -0.2) is 0 Å². The van der Waals surface area contributed by atoms with E-state index in [0.717, 1.165) is 17.8 Å². The van der Waals surface area contributed by atoms with Crippen LogP contribution in [0.3, 0.4) is 0 Å². The van der Waals surface area contributed by atoms with Crippen LogP contribution in [-0.2, 0) is 0 Å². The zero-order valence-corrected chi connectivity index (χ0v) is 13.3. The lowest BCUT2D eigenvalue weighted by molar-refractivity contribution is 0.273. The van der Waals surface area contributed by atoms with E-state index in [1.54, 1.807) is 0 Å². The highest BCUT2D eigenvalue weighted by Gasteiger charge is 2.11. The van der Waals surface area contributed by atoms with E-state index < -0.39 is 0 Å². The molecule has 1 aliphatic rings. The Morgan fingerprint density at radius 3 is 1.72 bits per heavy atom. The highest BCUT2D eigenvalue weighted by atomic mass is 15.1. The number of hydrogen-bond donors (Lipinski definition) is 0. The van der Waals surface area contributed by atoms with Crippen LogP contribution in [0, 0.1) is 17.8 Å². The Morgan fingerprint density at radius 2 is 1.11 bits per heavy atom. The van der Waals surface area contributed by atoms with Crippen LogP contribution in [0.25, 0.3) is 0 Å². The molecule has 1 aliphatic heterocycles. The SMILES string of the molecule is CC1CCCC(C)CCN(C)CCCC(C)CC1. The standard InChI is InChI=1S/C17H35N/c1-15-7-5-8-17(3)12-14-18(4)13-6-9-16(2)11-10-15/h15-17H,5-14H2,1-4H3. The fourth-order valence-electron chi connectivity index (χ4n) is 3.08. The van der Waals surface area contributed by atoms with Crippen molar-refractivity contribution < 1.29 is 0 Å². The van der Waals surface area contributed by atoms with Gasteiger partial charge >= 0.3 is 0 Å². The molecule has 1 rings (SSSR count). The molecule has 0 saturated carbocycles. The van der Waals surface area contributed by atoms with Gasteiger partial charge < -0.3 is 4.90 Å². The van der Waals surface area contributed by atoms with Gasteiger partial charge in [0.05, 0.1) is 0 Å². The molecule has 0 aromatic heterocycles.